The maximum Gasteiger partial charge on any atom is 0.251 e. The normalized spacial score (nSPS) is 15.2. The Morgan fingerprint density at radius 1 is 1.17 bits per heavy atom. The zero-order chi connectivity index (χ0) is 20.5. The Kier molecular flexibility index (Phi) is 8.25. The molecular weight excluding hydrogens is 382 g/mol. The van der Waals surface area contributed by atoms with Gasteiger partial charge in [-0.1, -0.05) is 12.1 Å². The van der Waals surface area contributed by atoms with E-state index in [2.05, 4.69) is 34.0 Å². The lowest BCUT2D eigenvalue weighted by atomic mass is 9.94. The van der Waals surface area contributed by atoms with Crippen molar-refractivity contribution in [2.45, 2.75) is 38.5 Å². The Morgan fingerprint density at radius 3 is 2.76 bits per heavy atom. The van der Waals surface area contributed by atoms with Crippen LogP contribution in [0.1, 0.15) is 47.3 Å². The van der Waals surface area contributed by atoms with Crippen molar-refractivity contribution in [3.63, 3.8) is 0 Å². The van der Waals surface area contributed by atoms with Gasteiger partial charge in [-0.2, -0.15) is 0 Å². The fourth-order valence-corrected chi connectivity index (χ4v) is 4.43. The first-order valence-corrected chi connectivity index (χ1v) is 11.4. The van der Waals surface area contributed by atoms with Crippen molar-refractivity contribution in [3.8, 4) is 0 Å². The van der Waals surface area contributed by atoms with Crippen LogP contribution < -0.4 is 10.6 Å². The van der Waals surface area contributed by atoms with Crippen molar-refractivity contribution in [2.24, 2.45) is 5.92 Å². The standard InChI is InChI=1S/C23H31N3O2S/c1-26-14-11-18(12-15-26)10-13-24-23(28)19-5-2-6-20(17-19)25-22(27)9-3-7-21-8-4-16-29-21/h2,4-6,8,16-18H,3,7,9-15H2,1H3,(H,24,28)(H,25,27). The fraction of sp³-hybridized carbons (Fsp3) is 0.478. The third kappa shape index (κ3) is 7.29. The summed E-state index contributed by atoms with van der Waals surface area (Å²) in [6, 6.07) is 11.3. The molecule has 0 saturated carbocycles. The summed E-state index contributed by atoms with van der Waals surface area (Å²) in [7, 11) is 2.16. The molecule has 0 bridgehead atoms. The van der Waals surface area contributed by atoms with Crippen LogP contribution in [0.2, 0.25) is 0 Å². The van der Waals surface area contributed by atoms with E-state index in [1.165, 1.54) is 17.7 Å². The zero-order valence-electron chi connectivity index (χ0n) is 17.2. The molecule has 1 fully saturated rings. The first-order chi connectivity index (χ1) is 14.1. The topological polar surface area (TPSA) is 61.4 Å². The summed E-state index contributed by atoms with van der Waals surface area (Å²) >= 11 is 1.72. The van der Waals surface area contributed by atoms with Crippen molar-refractivity contribution < 1.29 is 9.59 Å². The molecule has 1 aromatic heterocycles. The van der Waals surface area contributed by atoms with Crippen molar-refractivity contribution >= 4 is 28.8 Å². The van der Waals surface area contributed by atoms with E-state index >= 15 is 0 Å². The van der Waals surface area contributed by atoms with Crippen LogP contribution in [-0.2, 0) is 11.2 Å². The van der Waals surface area contributed by atoms with Crippen molar-refractivity contribution in [3.05, 3.63) is 52.2 Å². The molecule has 2 amide bonds. The van der Waals surface area contributed by atoms with Crippen molar-refractivity contribution in [1.29, 1.82) is 0 Å². The number of hydrogen-bond acceptors (Lipinski definition) is 4. The first-order valence-electron chi connectivity index (χ1n) is 10.5. The highest BCUT2D eigenvalue weighted by atomic mass is 32.1. The number of carbonyl (C=O) groups is 2. The number of anilines is 1. The monoisotopic (exact) mass is 413 g/mol. The number of carbonyl (C=O) groups excluding carboxylic acids is 2. The number of nitrogens with one attached hydrogen (secondary N) is 2. The second-order valence-corrected chi connectivity index (χ2v) is 8.89. The molecule has 2 heterocycles. The van der Waals surface area contributed by atoms with Crippen LogP contribution in [-0.4, -0.2) is 43.4 Å². The summed E-state index contributed by atoms with van der Waals surface area (Å²) in [4.78, 5) is 28.3. The van der Waals surface area contributed by atoms with E-state index in [-0.39, 0.29) is 11.8 Å². The molecule has 1 aliphatic heterocycles. The summed E-state index contributed by atoms with van der Waals surface area (Å²) in [5, 5.41) is 7.99. The number of rotatable bonds is 9. The average Bonchev–Trinajstić information content (AvgIpc) is 3.23. The minimum atomic E-state index is -0.0771. The summed E-state index contributed by atoms with van der Waals surface area (Å²) < 4.78 is 0. The molecule has 156 valence electrons. The molecule has 1 saturated heterocycles. The number of hydrogen-bond donors (Lipinski definition) is 2. The van der Waals surface area contributed by atoms with Crippen LogP contribution in [0.15, 0.2) is 41.8 Å². The number of benzene rings is 1. The summed E-state index contributed by atoms with van der Waals surface area (Å²) in [5.74, 6) is 0.611. The van der Waals surface area contributed by atoms with Crippen molar-refractivity contribution in [1.82, 2.24) is 10.2 Å². The minimum absolute atomic E-state index is 0.0126. The smallest absolute Gasteiger partial charge is 0.251 e. The molecule has 0 spiro atoms. The van der Waals surface area contributed by atoms with Gasteiger partial charge in [-0.05, 0) is 87.8 Å². The number of amides is 2. The van der Waals surface area contributed by atoms with E-state index in [0.29, 0.717) is 30.1 Å². The number of piperidine rings is 1. The second-order valence-electron chi connectivity index (χ2n) is 7.85. The van der Waals surface area contributed by atoms with Gasteiger partial charge in [0.15, 0.2) is 0 Å². The van der Waals surface area contributed by atoms with Crippen LogP contribution >= 0.6 is 11.3 Å². The van der Waals surface area contributed by atoms with Gasteiger partial charge in [0.05, 0.1) is 0 Å². The van der Waals surface area contributed by atoms with Gasteiger partial charge in [-0.25, -0.2) is 0 Å². The Bertz CT molecular complexity index is 783. The highest BCUT2D eigenvalue weighted by Gasteiger charge is 2.16. The summed E-state index contributed by atoms with van der Waals surface area (Å²) in [6.07, 6.45) is 5.67. The molecular formula is C23H31N3O2S. The van der Waals surface area contributed by atoms with Gasteiger partial charge in [0.1, 0.15) is 0 Å². The predicted molar refractivity (Wildman–Crippen MR) is 119 cm³/mol. The molecule has 29 heavy (non-hydrogen) atoms. The number of aryl methyl sites for hydroxylation is 1. The number of likely N-dealkylation sites (tertiary alicyclic amines) is 1. The lowest BCUT2D eigenvalue weighted by Gasteiger charge is -2.28. The molecule has 5 nitrogen and oxygen atoms in total. The SMILES string of the molecule is CN1CCC(CCNC(=O)c2cccc(NC(=O)CCCc3cccs3)c2)CC1. The molecule has 6 heteroatoms. The highest BCUT2D eigenvalue weighted by Crippen LogP contribution is 2.19. The van der Waals surface area contributed by atoms with E-state index in [0.717, 1.165) is 32.4 Å². The molecule has 2 aromatic rings. The Hall–Kier alpha value is -2.18. The number of nitrogens with zero attached hydrogens (tertiary/aromatic N) is 1. The molecule has 1 aromatic carbocycles. The van der Waals surface area contributed by atoms with Crippen LogP contribution in [0.5, 0.6) is 0 Å². The summed E-state index contributed by atoms with van der Waals surface area (Å²) in [5.41, 5.74) is 1.26. The third-order valence-corrected chi connectivity index (χ3v) is 6.43. The number of thiophene rings is 1. The van der Waals surface area contributed by atoms with Gasteiger partial charge < -0.3 is 15.5 Å². The lowest BCUT2D eigenvalue weighted by molar-refractivity contribution is -0.116. The Morgan fingerprint density at radius 2 is 2.00 bits per heavy atom. The van der Waals surface area contributed by atoms with E-state index in [4.69, 9.17) is 0 Å². The Balaban J connectivity index is 1.39. The zero-order valence-corrected chi connectivity index (χ0v) is 18.0. The maximum atomic E-state index is 12.4. The second kappa shape index (κ2) is 11.1. The predicted octanol–water partition coefficient (Wildman–Crippen LogP) is 4.17. The van der Waals surface area contributed by atoms with Crippen LogP contribution in [0.4, 0.5) is 5.69 Å². The lowest BCUT2D eigenvalue weighted by Crippen LogP contribution is -2.32. The van der Waals surface area contributed by atoms with Crippen LogP contribution in [0.3, 0.4) is 0 Å². The van der Waals surface area contributed by atoms with Crippen LogP contribution in [0, 0.1) is 5.92 Å². The third-order valence-electron chi connectivity index (χ3n) is 5.49. The Labute approximate surface area is 177 Å². The van der Waals surface area contributed by atoms with Gasteiger partial charge in [0.25, 0.3) is 5.91 Å². The largest absolute Gasteiger partial charge is 0.352 e. The molecule has 1 aliphatic rings. The molecule has 0 aliphatic carbocycles. The van der Waals surface area contributed by atoms with Crippen LogP contribution in [0.25, 0.3) is 0 Å². The average molecular weight is 414 g/mol. The van der Waals surface area contributed by atoms with Gasteiger partial charge in [-0.3, -0.25) is 9.59 Å². The van der Waals surface area contributed by atoms with Gasteiger partial charge in [0.2, 0.25) is 5.91 Å². The molecule has 2 N–H and O–H groups in total. The quantitative estimate of drug-likeness (QED) is 0.649. The molecule has 0 unspecified atom stereocenters. The van der Waals surface area contributed by atoms with Gasteiger partial charge in [-0.15, -0.1) is 11.3 Å². The molecule has 3 rings (SSSR count). The van der Waals surface area contributed by atoms with E-state index < -0.39 is 0 Å². The van der Waals surface area contributed by atoms with Gasteiger partial charge in [0, 0.05) is 29.1 Å². The first kappa shape index (κ1) is 21.5. The highest BCUT2D eigenvalue weighted by molar-refractivity contribution is 7.09. The van der Waals surface area contributed by atoms with Gasteiger partial charge >= 0.3 is 0 Å². The fourth-order valence-electron chi connectivity index (χ4n) is 3.68. The maximum absolute atomic E-state index is 12.4. The molecule has 0 radical (unpaired) electrons. The van der Waals surface area contributed by atoms with E-state index in [9.17, 15) is 9.59 Å². The summed E-state index contributed by atoms with van der Waals surface area (Å²) in [6.45, 7) is 2.99. The minimum Gasteiger partial charge on any atom is -0.352 e. The van der Waals surface area contributed by atoms with E-state index in [1.54, 1.807) is 23.5 Å². The van der Waals surface area contributed by atoms with Crippen molar-refractivity contribution in [2.75, 3.05) is 32.0 Å². The van der Waals surface area contributed by atoms with E-state index in [1.807, 2.05) is 18.2 Å². The molecule has 0 atom stereocenters.